The molecule has 0 aliphatic carbocycles. The quantitative estimate of drug-likeness (QED) is 0.290. The number of alkyl halides is 3. The molecular formula is C27H24F4O2. The van der Waals surface area contributed by atoms with Gasteiger partial charge in [-0.2, -0.15) is 13.2 Å². The van der Waals surface area contributed by atoms with E-state index in [1.54, 1.807) is 42.5 Å². The van der Waals surface area contributed by atoms with Crippen LogP contribution < -0.4 is 0 Å². The second-order valence-corrected chi connectivity index (χ2v) is 8.37. The molecule has 33 heavy (non-hydrogen) atoms. The summed E-state index contributed by atoms with van der Waals surface area (Å²) in [5.74, 6) is -1.92. The fourth-order valence-corrected chi connectivity index (χ4v) is 3.61. The molecule has 0 amide bonds. The minimum atomic E-state index is -4.44. The normalized spacial score (nSPS) is 12.9. The molecular weight excluding hydrogens is 432 g/mol. The maximum atomic E-state index is 13.2. The van der Waals surface area contributed by atoms with Crippen LogP contribution in [0.2, 0.25) is 0 Å². The molecule has 3 rings (SSSR count). The van der Waals surface area contributed by atoms with Gasteiger partial charge in [0.1, 0.15) is 5.82 Å². The summed E-state index contributed by atoms with van der Waals surface area (Å²) >= 11 is 0. The number of carbonyl (C=O) groups is 1. The Balaban J connectivity index is 2.06. The molecule has 0 bridgehead atoms. The molecule has 0 saturated heterocycles. The van der Waals surface area contributed by atoms with Crippen LogP contribution in [0.3, 0.4) is 0 Å². The molecule has 3 aromatic rings. The summed E-state index contributed by atoms with van der Waals surface area (Å²) in [7, 11) is 0. The summed E-state index contributed by atoms with van der Waals surface area (Å²) in [5, 5.41) is 9.81. The molecule has 0 heterocycles. The molecule has 0 radical (unpaired) electrons. The van der Waals surface area contributed by atoms with E-state index in [0.717, 1.165) is 17.7 Å². The summed E-state index contributed by atoms with van der Waals surface area (Å²) in [5.41, 5.74) is 2.45. The first-order valence-corrected chi connectivity index (χ1v) is 10.5. The van der Waals surface area contributed by atoms with E-state index in [1.807, 2.05) is 13.8 Å². The summed E-state index contributed by atoms with van der Waals surface area (Å²) in [4.78, 5) is 12.0. The van der Waals surface area contributed by atoms with Crippen LogP contribution in [0.4, 0.5) is 17.6 Å². The molecule has 0 aliphatic heterocycles. The van der Waals surface area contributed by atoms with E-state index in [1.165, 1.54) is 24.3 Å². The Morgan fingerprint density at radius 3 is 2.03 bits per heavy atom. The molecule has 0 spiro atoms. The Kier molecular flexibility index (Phi) is 7.36. The smallest absolute Gasteiger partial charge is 0.416 e. The van der Waals surface area contributed by atoms with Gasteiger partial charge in [0.2, 0.25) is 0 Å². The third kappa shape index (κ3) is 6.54. The van der Waals surface area contributed by atoms with Crippen molar-refractivity contribution in [2.45, 2.75) is 32.4 Å². The molecule has 1 unspecified atom stereocenters. The van der Waals surface area contributed by atoms with Crippen molar-refractivity contribution in [1.29, 1.82) is 0 Å². The average Bonchev–Trinajstić information content (AvgIpc) is 2.76. The predicted octanol–water partition coefficient (Wildman–Crippen LogP) is 7.90. The van der Waals surface area contributed by atoms with E-state index in [4.69, 9.17) is 0 Å². The summed E-state index contributed by atoms with van der Waals surface area (Å²) in [6.07, 6.45) is -0.464. The fraction of sp³-hybridized carbons (Fsp3) is 0.222. The molecule has 0 saturated carbocycles. The van der Waals surface area contributed by atoms with Gasteiger partial charge < -0.3 is 5.11 Å². The van der Waals surface area contributed by atoms with Gasteiger partial charge in [-0.15, -0.1) is 0 Å². The minimum Gasteiger partial charge on any atom is -0.481 e. The van der Waals surface area contributed by atoms with Crippen LogP contribution in [0, 0.1) is 11.7 Å². The van der Waals surface area contributed by atoms with Gasteiger partial charge in [-0.05, 0) is 70.5 Å². The Bertz CT molecular complexity index is 1130. The highest BCUT2D eigenvalue weighted by molar-refractivity contribution is 5.80. The predicted molar refractivity (Wildman–Crippen MR) is 122 cm³/mol. The SMILES string of the molecule is CC(C)CC(C(=O)O)c1cc(/C=C/c2ccc(F)cc2)cc(-c2ccc(C(F)(F)F)cc2)c1. The van der Waals surface area contributed by atoms with Crippen molar-refractivity contribution in [1.82, 2.24) is 0 Å². The van der Waals surface area contributed by atoms with Crippen molar-refractivity contribution in [3.05, 3.63) is 94.8 Å². The van der Waals surface area contributed by atoms with Crippen molar-refractivity contribution in [3.8, 4) is 11.1 Å². The van der Waals surface area contributed by atoms with Crippen LogP contribution in [-0.2, 0) is 11.0 Å². The molecule has 6 heteroatoms. The second kappa shape index (κ2) is 10.0. The molecule has 1 atom stereocenters. The van der Waals surface area contributed by atoms with E-state index in [2.05, 4.69) is 0 Å². The zero-order valence-corrected chi connectivity index (χ0v) is 18.2. The summed E-state index contributed by atoms with van der Waals surface area (Å²) in [6.45, 7) is 3.87. The Labute approximate surface area is 190 Å². The van der Waals surface area contributed by atoms with E-state index < -0.39 is 23.6 Å². The topological polar surface area (TPSA) is 37.3 Å². The highest BCUT2D eigenvalue weighted by Gasteiger charge is 2.30. The molecule has 2 nitrogen and oxygen atoms in total. The first kappa shape index (κ1) is 24.2. The lowest BCUT2D eigenvalue weighted by Crippen LogP contribution is -2.14. The zero-order valence-electron chi connectivity index (χ0n) is 18.2. The molecule has 3 aromatic carbocycles. The number of aliphatic carboxylic acids is 1. The Morgan fingerprint density at radius 1 is 0.879 bits per heavy atom. The van der Waals surface area contributed by atoms with Crippen molar-refractivity contribution < 1.29 is 27.5 Å². The number of carboxylic acids is 1. The minimum absolute atomic E-state index is 0.138. The third-order valence-corrected chi connectivity index (χ3v) is 5.27. The monoisotopic (exact) mass is 456 g/mol. The summed E-state index contributed by atoms with van der Waals surface area (Å²) < 4.78 is 52.0. The number of hydrogen-bond acceptors (Lipinski definition) is 1. The van der Waals surface area contributed by atoms with Crippen LogP contribution in [0.25, 0.3) is 23.3 Å². The van der Waals surface area contributed by atoms with Gasteiger partial charge in [0.05, 0.1) is 11.5 Å². The standard InChI is InChI=1S/C27H24F4O2/c1-17(2)13-25(26(32)33)22-15-19(4-3-18-5-11-24(28)12-6-18)14-21(16-22)20-7-9-23(10-8-20)27(29,30)31/h3-12,14-17,25H,13H2,1-2H3,(H,32,33)/b4-3+. The lowest BCUT2D eigenvalue weighted by Gasteiger charge is -2.17. The van der Waals surface area contributed by atoms with Crippen LogP contribution in [0.15, 0.2) is 66.7 Å². The largest absolute Gasteiger partial charge is 0.481 e. The van der Waals surface area contributed by atoms with Gasteiger partial charge in [0.25, 0.3) is 0 Å². The van der Waals surface area contributed by atoms with Gasteiger partial charge in [-0.25, -0.2) is 4.39 Å². The highest BCUT2D eigenvalue weighted by Crippen LogP contribution is 2.33. The number of benzene rings is 3. The van der Waals surface area contributed by atoms with E-state index in [-0.39, 0.29) is 11.7 Å². The maximum absolute atomic E-state index is 13.2. The summed E-state index contributed by atoms with van der Waals surface area (Å²) in [6, 6.07) is 16.0. The fourth-order valence-electron chi connectivity index (χ4n) is 3.61. The number of carboxylic acid groups (broad SMARTS) is 1. The Morgan fingerprint density at radius 2 is 1.48 bits per heavy atom. The lowest BCUT2D eigenvalue weighted by molar-refractivity contribution is -0.139. The first-order valence-electron chi connectivity index (χ1n) is 10.5. The van der Waals surface area contributed by atoms with Crippen LogP contribution in [0.1, 0.15) is 48.4 Å². The number of hydrogen-bond donors (Lipinski definition) is 1. The second-order valence-electron chi connectivity index (χ2n) is 8.37. The van der Waals surface area contributed by atoms with Gasteiger partial charge in [-0.1, -0.05) is 62.4 Å². The van der Waals surface area contributed by atoms with Gasteiger partial charge in [0.15, 0.2) is 0 Å². The molecule has 0 fully saturated rings. The van der Waals surface area contributed by atoms with Crippen molar-refractivity contribution in [2.75, 3.05) is 0 Å². The van der Waals surface area contributed by atoms with Gasteiger partial charge in [0, 0.05) is 0 Å². The molecule has 1 N–H and O–H groups in total. The molecule has 0 aliphatic rings. The van der Waals surface area contributed by atoms with E-state index in [9.17, 15) is 27.5 Å². The number of rotatable bonds is 7. The first-order chi connectivity index (χ1) is 15.5. The maximum Gasteiger partial charge on any atom is 0.416 e. The molecule has 172 valence electrons. The van der Waals surface area contributed by atoms with Crippen molar-refractivity contribution in [2.24, 2.45) is 5.92 Å². The Hall–Kier alpha value is -3.41. The van der Waals surface area contributed by atoms with Crippen molar-refractivity contribution >= 4 is 18.1 Å². The zero-order chi connectivity index (χ0) is 24.2. The van der Waals surface area contributed by atoms with Gasteiger partial charge >= 0.3 is 12.1 Å². The van der Waals surface area contributed by atoms with Crippen molar-refractivity contribution in [3.63, 3.8) is 0 Å². The third-order valence-electron chi connectivity index (χ3n) is 5.27. The highest BCUT2D eigenvalue weighted by atomic mass is 19.4. The van der Waals surface area contributed by atoms with Crippen LogP contribution in [0.5, 0.6) is 0 Å². The van der Waals surface area contributed by atoms with Gasteiger partial charge in [-0.3, -0.25) is 4.79 Å². The lowest BCUT2D eigenvalue weighted by atomic mass is 9.87. The van der Waals surface area contributed by atoms with Crippen LogP contribution >= 0.6 is 0 Å². The number of halogens is 4. The molecule has 0 aromatic heterocycles. The van der Waals surface area contributed by atoms with E-state index in [0.29, 0.717) is 28.7 Å². The van der Waals surface area contributed by atoms with Crippen LogP contribution in [-0.4, -0.2) is 11.1 Å². The van der Waals surface area contributed by atoms with E-state index >= 15 is 0 Å². The average molecular weight is 456 g/mol.